The minimum Gasteiger partial charge on any atom is -0.312 e. The molecule has 5 heteroatoms. The van der Waals surface area contributed by atoms with Crippen molar-refractivity contribution >= 4 is 25.8 Å². The molecule has 0 aromatic heterocycles. The Hall–Kier alpha value is -0.390. The molecule has 1 aromatic carbocycles. The summed E-state index contributed by atoms with van der Waals surface area (Å²) in [6.45, 7) is 6.92. The van der Waals surface area contributed by atoms with E-state index in [1.165, 1.54) is 11.8 Å². The first-order valence-corrected chi connectivity index (χ1v) is 9.13. The first kappa shape index (κ1) is 16.7. The van der Waals surface area contributed by atoms with Gasteiger partial charge < -0.3 is 5.32 Å². The van der Waals surface area contributed by atoms with Crippen molar-refractivity contribution in [2.45, 2.75) is 32.2 Å². The molecule has 0 spiro atoms. The first-order valence-electron chi connectivity index (χ1n) is 6.28. The molecule has 0 heterocycles. The Bertz CT molecular complexity index is 526. The maximum absolute atomic E-state index is 11.2. The molecule has 1 rings (SSSR count). The van der Waals surface area contributed by atoms with Crippen LogP contribution in [-0.4, -0.2) is 33.0 Å². The van der Waals surface area contributed by atoms with E-state index in [0.29, 0.717) is 0 Å². The normalized spacial score (nSPS) is 14.4. The lowest BCUT2D eigenvalue weighted by molar-refractivity contribution is 0.439. The fourth-order valence-corrected chi connectivity index (χ4v) is 3.90. The number of benzene rings is 1. The second-order valence-corrected chi connectivity index (χ2v) is 8.78. The van der Waals surface area contributed by atoms with Gasteiger partial charge in [0.2, 0.25) is 0 Å². The third-order valence-corrected chi connectivity index (χ3v) is 4.85. The van der Waals surface area contributed by atoms with Crippen molar-refractivity contribution in [2.75, 3.05) is 18.6 Å². The summed E-state index contributed by atoms with van der Waals surface area (Å²) in [5, 5.41) is 3.31. The Balaban J connectivity index is 2.68. The van der Waals surface area contributed by atoms with Gasteiger partial charge in [-0.25, -0.2) is 8.42 Å². The van der Waals surface area contributed by atoms with Crippen LogP contribution in [-0.2, 0) is 15.3 Å². The Morgan fingerprint density at radius 3 is 2.42 bits per heavy atom. The number of nitrogens with one attached hydrogen (secondary N) is 1. The van der Waals surface area contributed by atoms with Crippen LogP contribution in [0.2, 0.25) is 0 Å². The van der Waals surface area contributed by atoms with Crippen molar-refractivity contribution in [3.8, 4) is 0 Å². The van der Waals surface area contributed by atoms with E-state index in [4.69, 9.17) is 0 Å². The summed E-state index contributed by atoms with van der Waals surface area (Å²) in [4.78, 5) is 0. The molecular formula is C14H22BrNO2S. The van der Waals surface area contributed by atoms with Crippen molar-refractivity contribution in [3.05, 3.63) is 34.3 Å². The van der Waals surface area contributed by atoms with Gasteiger partial charge in [-0.1, -0.05) is 48.0 Å². The van der Waals surface area contributed by atoms with Gasteiger partial charge in [0.05, 0.1) is 5.75 Å². The van der Waals surface area contributed by atoms with Crippen LogP contribution in [0.25, 0.3) is 0 Å². The SMILES string of the molecule is CC(CS(C)(=O)=O)NCC(C)(C)c1ccccc1Br. The van der Waals surface area contributed by atoms with Crippen molar-refractivity contribution in [1.29, 1.82) is 0 Å². The summed E-state index contributed by atoms with van der Waals surface area (Å²) in [7, 11) is -2.94. The first-order chi connectivity index (χ1) is 8.62. The van der Waals surface area contributed by atoms with E-state index in [1.54, 1.807) is 0 Å². The van der Waals surface area contributed by atoms with Crippen LogP contribution in [0.1, 0.15) is 26.3 Å². The lowest BCUT2D eigenvalue weighted by Crippen LogP contribution is -2.41. The monoisotopic (exact) mass is 347 g/mol. The average molecular weight is 348 g/mol. The molecule has 0 aliphatic carbocycles. The highest BCUT2D eigenvalue weighted by Gasteiger charge is 2.23. The highest BCUT2D eigenvalue weighted by molar-refractivity contribution is 9.10. The molecule has 3 nitrogen and oxygen atoms in total. The van der Waals surface area contributed by atoms with Gasteiger partial charge in [0, 0.05) is 28.7 Å². The summed E-state index contributed by atoms with van der Waals surface area (Å²) >= 11 is 3.56. The van der Waals surface area contributed by atoms with Crippen molar-refractivity contribution in [3.63, 3.8) is 0 Å². The number of halogens is 1. The van der Waals surface area contributed by atoms with Crippen LogP contribution in [0.15, 0.2) is 28.7 Å². The van der Waals surface area contributed by atoms with Crippen molar-refractivity contribution in [1.82, 2.24) is 5.32 Å². The van der Waals surface area contributed by atoms with Gasteiger partial charge in [-0.15, -0.1) is 0 Å². The number of hydrogen-bond acceptors (Lipinski definition) is 3. The molecule has 1 N–H and O–H groups in total. The Morgan fingerprint density at radius 2 is 1.89 bits per heavy atom. The van der Waals surface area contributed by atoms with Gasteiger partial charge in [-0.05, 0) is 18.6 Å². The summed E-state index contributed by atoms with van der Waals surface area (Å²) < 4.78 is 23.6. The van der Waals surface area contributed by atoms with E-state index < -0.39 is 9.84 Å². The van der Waals surface area contributed by atoms with E-state index in [0.717, 1.165) is 11.0 Å². The molecule has 1 unspecified atom stereocenters. The molecule has 0 aliphatic heterocycles. The van der Waals surface area contributed by atoms with Gasteiger partial charge in [0.1, 0.15) is 9.84 Å². The second kappa shape index (κ2) is 6.37. The van der Waals surface area contributed by atoms with Crippen LogP contribution >= 0.6 is 15.9 Å². The molecule has 19 heavy (non-hydrogen) atoms. The highest BCUT2D eigenvalue weighted by atomic mass is 79.9. The predicted molar refractivity (Wildman–Crippen MR) is 84.3 cm³/mol. The Morgan fingerprint density at radius 1 is 1.32 bits per heavy atom. The molecule has 0 radical (unpaired) electrons. The predicted octanol–water partition coefficient (Wildman–Crippen LogP) is 2.75. The molecule has 108 valence electrons. The quantitative estimate of drug-likeness (QED) is 0.860. The zero-order valence-electron chi connectivity index (χ0n) is 11.9. The smallest absolute Gasteiger partial charge is 0.148 e. The minimum atomic E-state index is -2.94. The summed E-state index contributed by atoms with van der Waals surface area (Å²) in [5.41, 5.74) is 1.15. The van der Waals surface area contributed by atoms with Crippen LogP contribution in [0.4, 0.5) is 0 Å². The Kier molecular flexibility index (Phi) is 5.59. The van der Waals surface area contributed by atoms with Crippen LogP contribution < -0.4 is 5.32 Å². The van der Waals surface area contributed by atoms with Gasteiger partial charge in [0.25, 0.3) is 0 Å². The highest BCUT2D eigenvalue weighted by Crippen LogP contribution is 2.29. The van der Waals surface area contributed by atoms with E-state index in [1.807, 2.05) is 25.1 Å². The van der Waals surface area contributed by atoms with Crippen LogP contribution in [0.5, 0.6) is 0 Å². The molecule has 1 aromatic rings. The van der Waals surface area contributed by atoms with Crippen LogP contribution in [0.3, 0.4) is 0 Å². The summed E-state index contributed by atoms with van der Waals surface area (Å²) in [6.07, 6.45) is 1.27. The van der Waals surface area contributed by atoms with Crippen molar-refractivity contribution < 1.29 is 8.42 Å². The zero-order chi connectivity index (χ0) is 14.7. The maximum Gasteiger partial charge on any atom is 0.148 e. The minimum absolute atomic E-state index is 0.0447. The average Bonchev–Trinajstić information content (AvgIpc) is 2.24. The van der Waals surface area contributed by atoms with E-state index >= 15 is 0 Å². The molecule has 0 bridgehead atoms. The van der Waals surface area contributed by atoms with Crippen molar-refractivity contribution in [2.24, 2.45) is 0 Å². The third kappa shape index (κ3) is 5.63. The van der Waals surface area contributed by atoms with E-state index in [9.17, 15) is 8.42 Å². The van der Waals surface area contributed by atoms with Crippen LogP contribution in [0, 0.1) is 0 Å². The van der Waals surface area contributed by atoms with Gasteiger partial charge in [0.15, 0.2) is 0 Å². The largest absolute Gasteiger partial charge is 0.312 e. The molecule has 0 amide bonds. The molecule has 0 saturated carbocycles. The second-order valence-electron chi connectivity index (χ2n) is 5.74. The van der Waals surface area contributed by atoms with Gasteiger partial charge in [-0.2, -0.15) is 0 Å². The van der Waals surface area contributed by atoms with E-state index in [2.05, 4.69) is 41.2 Å². The van der Waals surface area contributed by atoms with Gasteiger partial charge in [-0.3, -0.25) is 0 Å². The molecule has 0 aliphatic rings. The maximum atomic E-state index is 11.2. The number of sulfone groups is 1. The number of hydrogen-bond donors (Lipinski definition) is 1. The van der Waals surface area contributed by atoms with Gasteiger partial charge >= 0.3 is 0 Å². The molecule has 0 fully saturated rings. The summed E-state index contributed by atoms with van der Waals surface area (Å²) in [6, 6.07) is 8.08. The zero-order valence-corrected chi connectivity index (χ0v) is 14.3. The third-order valence-electron chi connectivity index (χ3n) is 3.05. The Labute approximate surface area is 124 Å². The lowest BCUT2D eigenvalue weighted by Gasteiger charge is -2.28. The fourth-order valence-electron chi connectivity index (χ4n) is 2.05. The molecular weight excluding hydrogens is 326 g/mol. The summed E-state index contributed by atoms with van der Waals surface area (Å²) in [5.74, 6) is 0.166. The standard InChI is InChI=1S/C14H22BrNO2S/c1-11(9-19(4,17)18)16-10-14(2,3)12-7-5-6-8-13(12)15/h5-8,11,16H,9-10H2,1-4H3. The molecule has 1 atom stereocenters. The van der Waals surface area contributed by atoms with E-state index in [-0.39, 0.29) is 17.2 Å². The number of rotatable bonds is 6. The lowest BCUT2D eigenvalue weighted by atomic mass is 9.84. The fraction of sp³-hybridized carbons (Fsp3) is 0.571. The molecule has 0 saturated heterocycles. The topological polar surface area (TPSA) is 46.2 Å².